The van der Waals surface area contributed by atoms with Crippen LogP contribution in [0.1, 0.15) is 51.0 Å². The highest BCUT2D eigenvalue weighted by Gasteiger charge is 2.52. The molecular weight excluding hydrogens is 1020 g/mol. The summed E-state index contributed by atoms with van der Waals surface area (Å²) in [4.78, 5) is 43.2. The Morgan fingerprint density at radius 3 is 1.30 bits per heavy atom. The zero-order chi connectivity index (χ0) is 54.4. The normalized spacial score (nSPS) is 22.8. The zero-order valence-corrected chi connectivity index (χ0v) is 44.3. The lowest BCUT2D eigenvalue weighted by Crippen LogP contribution is -2.62. The number of ether oxygens (including phenoxy) is 10. The van der Waals surface area contributed by atoms with Crippen LogP contribution in [0.3, 0.4) is 0 Å². The molecule has 2 fully saturated rings. The number of aliphatic hydroxyl groups excluding tert-OH is 1. The van der Waals surface area contributed by atoms with Gasteiger partial charge in [-0.05, 0) is 52.1 Å². The summed E-state index contributed by atoms with van der Waals surface area (Å²) < 4.78 is 64.1. The lowest BCUT2D eigenvalue weighted by atomic mass is 9.98. The van der Waals surface area contributed by atoms with Crippen LogP contribution in [-0.4, -0.2) is 96.8 Å². The maximum atomic E-state index is 14.4. The smallest absolute Gasteiger partial charge is 0.338 e. The minimum atomic E-state index is -1.58. The first-order chi connectivity index (χ1) is 38.8. The predicted octanol–water partition coefficient (Wildman–Crippen LogP) is 10.2. The van der Waals surface area contributed by atoms with E-state index in [0.717, 1.165) is 32.7 Å². The Hall–Kier alpha value is -7.02. The number of hydrogen-bond acceptors (Lipinski definition) is 15. The van der Waals surface area contributed by atoms with Gasteiger partial charge >= 0.3 is 17.9 Å². The number of esters is 3. The van der Waals surface area contributed by atoms with Gasteiger partial charge in [-0.2, -0.15) is 0 Å². The second kappa shape index (κ2) is 29.8. The van der Waals surface area contributed by atoms with Crippen molar-refractivity contribution in [2.24, 2.45) is 0 Å². The predicted molar refractivity (Wildman–Crippen MR) is 294 cm³/mol. The molecule has 0 amide bonds. The van der Waals surface area contributed by atoms with E-state index in [1.807, 2.05) is 182 Å². The van der Waals surface area contributed by atoms with E-state index in [4.69, 9.17) is 47.4 Å². The van der Waals surface area contributed by atoms with E-state index < -0.39 is 91.3 Å². The van der Waals surface area contributed by atoms with E-state index in [0.29, 0.717) is 6.61 Å². The summed E-state index contributed by atoms with van der Waals surface area (Å²) in [5.74, 6) is -2.41. The molecule has 2 heterocycles. The average molecular weight is 1090 g/mol. The van der Waals surface area contributed by atoms with Crippen LogP contribution < -0.4 is 0 Å². The lowest BCUT2D eigenvalue weighted by Gasteiger charge is -2.45. The number of rotatable bonds is 26. The minimum absolute atomic E-state index is 0.0230. The fraction of sp³-hybridized carbons (Fsp3) is 0.297. The van der Waals surface area contributed by atoms with Crippen LogP contribution in [-0.2, 0) is 90.0 Å². The van der Waals surface area contributed by atoms with Crippen molar-refractivity contribution >= 4 is 29.7 Å². The highest BCUT2D eigenvalue weighted by Crippen LogP contribution is 2.39. The Kier molecular flexibility index (Phi) is 21.4. The van der Waals surface area contributed by atoms with Crippen LogP contribution in [0.4, 0.5) is 0 Å². The average Bonchev–Trinajstić information content (AvgIpc) is 3.58. The molecule has 0 aromatic heterocycles. The number of thioether (sulfide) groups is 1. The van der Waals surface area contributed by atoms with Crippen LogP contribution >= 0.6 is 11.8 Å². The number of carbonyl (C=O) groups excluding carboxylic acids is 3. The molecule has 2 aliphatic heterocycles. The van der Waals surface area contributed by atoms with Crippen LogP contribution in [0.15, 0.2) is 217 Å². The Bertz CT molecular complexity index is 2890. The topological polar surface area (TPSA) is 164 Å². The van der Waals surface area contributed by atoms with Crippen molar-refractivity contribution in [3.8, 4) is 0 Å². The van der Waals surface area contributed by atoms with E-state index in [9.17, 15) is 19.5 Å². The van der Waals surface area contributed by atoms with Gasteiger partial charge in [-0.25, -0.2) is 4.79 Å². The van der Waals surface area contributed by atoms with Gasteiger partial charge in [0.25, 0.3) is 0 Å². The molecule has 79 heavy (non-hydrogen) atoms. The summed E-state index contributed by atoms with van der Waals surface area (Å²) in [6, 6.07) is 65.8. The van der Waals surface area contributed by atoms with Gasteiger partial charge in [-0.15, -0.1) is 0 Å². The van der Waals surface area contributed by atoms with Crippen LogP contribution in [0, 0.1) is 0 Å². The second-order valence-corrected chi connectivity index (χ2v) is 20.1. The van der Waals surface area contributed by atoms with Crippen molar-refractivity contribution in [1.29, 1.82) is 0 Å². The molecule has 0 radical (unpaired) electrons. The number of aliphatic hydroxyl groups is 1. The number of hydrogen-bond donors (Lipinski definition) is 1. The molecular formula is C64H64O14S. The molecule has 0 spiro atoms. The largest absolute Gasteiger partial charge is 0.456 e. The molecule has 0 aliphatic carbocycles. The maximum Gasteiger partial charge on any atom is 0.338 e. The Morgan fingerprint density at radius 2 is 0.810 bits per heavy atom. The molecule has 410 valence electrons. The van der Waals surface area contributed by atoms with E-state index in [2.05, 4.69) is 0 Å². The molecule has 7 aromatic rings. The highest BCUT2D eigenvalue weighted by atomic mass is 32.2. The van der Waals surface area contributed by atoms with Crippen molar-refractivity contribution in [3.05, 3.63) is 246 Å². The molecule has 0 unspecified atom stereocenters. The van der Waals surface area contributed by atoms with E-state index in [1.54, 1.807) is 30.3 Å². The van der Waals surface area contributed by atoms with Gasteiger partial charge in [-0.3, -0.25) is 9.59 Å². The molecule has 14 nitrogen and oxygen atoms in total. The van der Waals surface area contributed by atoms with E-state index >= 15 is 0 Å². The van der Waals surface area contributed by atoms with Crippen LogP contribution in [0.5, 0.6) is 0 Å². The van der Waals surface area contributed by atoms with Crippen molar-refractivity contribution in [2.45, 2.75) is 111 Å². The summed E-state index contributed by atoms with van der Waals surface area (Å²) in [6.45, 7) is 0.851. The number of benzene rings is 7. The van der Waals surface area contributed by atoms with Gasteiger partial charge in [0.15, 0.2) is 24.6 Å². The summed E-state index contributed by atoms with van der Waals surface area (Å²) >= 11 is 1.36. The molecule has 10 atom stereocenters. The van der Waals surface area contributed by atoms with Crippen molar-refractivity contribution in [2.75, 3.05) is 13.2 Å². The lowest BCUT2D eigenvalue weighted by molar-refractivity contribution is -0.307. The third-order valence-corrected chi connectivity index (χ3v) is 14.3. The summed E-state index contributed by atoms with van der Waals surface area (Å²) in [7, 11) is 0. The van der Waals surface area contributed by atoms with Gasteiger partial charge in [-0.1, -0.05) is 200 Å². The fourth-order valence-corrected chi connectivity index (χ4v) is 10.2. The van der Waals surface area contributed by atoms with Gasteiger partial charge in [0.1, 0.15) is 36.0 Å². The Labute approximate surface area is 464 Å². The van der Waals surface area contributed by atoms with Gasteiger partial charge in [0, 0.05) is 4.90 Å². The summed E-state index contributed by atoms with van der Waals surface area (Å²) in [6.07, 6.45) is -11.5. The van der Waals surface area contributed by atoms with Crippen molar-refractivity contribution < 1.29 is 66.9 Å². The zero-order valence-electron chi connectivity index (χ0n) is 43.5. The molecule has 2 aliphatic rings. The van der Waals surface area contributed by atoms with Gasteiger partial charge in [0.05, 0.1) is 64.7 Å². The van der Waals surface area contributed by atoms with Gasteiger partial charge in [0.2, 0.25) is 0 Å². The van der Waals surface area contributed by atoms with Gasteiger partial charge < -0.3 is 52.5 Å². The molecule has 0 saturated carbocycles. The quantitative estimate of drug-likeness (QED) is 0.0402. The Balaban J connectivity index is 0.960. The molecule has 15 heteroatoms. The molecule has 7 aromatic carbocycles. The standard InChI is InChI=1S/C64H64O14S/c65-54(76-58-56(67)52(43-69-38-45-22-8-1-9-23-45)74-63(73-42-49-30-16-5-17-31-49)60(58)78-62(68)50-32-18-6-19-33-50)36-37-55(66)77-61-59(72-41-48-28-14-4-15-29-48)57(71-40-47-26-12-3-13-27-47)53(44-70-39-46-24-10-2-11-25-46)75-64(61)79-51-34-20-7-21-35-51/h1-35,52-53,56-61,63-64,67H,36-44H2/t52-,53-,56-,57-,58+,59+,60-,61+,63+,64-/m1/s1. The SMILES string of the molecule is O=C(CCC(=O)O[C@H]1[C@@H](OCc2ccccc2)[C@H](OCc2ccccc2)[C@@H](COCc2ccccc2)O[C@@H]1Sc1ccccc1)O[C@H]1[C@H](O)[C@@H](COCc2ccccc2)O[C@H](OCc2ccccc2)[C@@H]1OC(=O)c1ccccc1. The van der Waals surface area contributed by atoms with Crippen LogP contribution in [0.25, 0.3) is 0 Å². The van der Waals surface area contributed by atoms with Crippen LogP contribution in [0.2, 0.25) is 0 Å². The third-order valence-electron chi connectivity index (χ3n) is 13.1. The fourth-order valence-electron chi connectivity index (χ4n) is 9.09. The van der Waals surface area contributed by atoms with Crippen molar-refractivity contribution in [3.63, 3.8) is 0 Å². The Morgan fingerprint density at radius 1 is 0.405 bits per heavy atom. The van der Waals surface area contributed by atoms with Crippen molar-refractivity contribution in [1.82, 2.24) is 0 Å². The third kappa shape index (κ3) is 17.0. The molecule has 0 bridgehead atoms. The molecule has 2 saturated heterocycles. The first kappa shape index (κ1) is 56.7. The maximum absolute atomic E-state index is 14.4. The highest BCUT2D eigenvalue weighted by molar-refractivity contribution is 7.99. The van der Waals surface area contributed by atoms with E-state index in [1.165, 1.54) is 11.8 Å². The minimum Gasteiger partial charge on any atom is -0.456 e. The van der Waals surface area contributed by atoms with E-state index in [-0.39, 0.29) is 45.2 Å². The molecule has 1 N–H and O–H groups in total. The first-order valence-corrected chi connectivity index (χ1v) is 27.3. The summed E-state index contributed by atoms with van der Waals surface area (Å²) in [5.41, 5.74) is 3.82. The first-order valence-electron chi connectivity index (χ1n) is 26.4. The monoisotopic (exact) mass is 1090 g/mol. The molecule has 9 rings (SSSR count). The number of carbonyl (C=O) groups is 3. The second-order valence-electron chi connectivity index (χ2n) is 19.0. The summed E-state index contributed by atoms with van der Waals surface area (Å²) in [5, 5.41) is 12.0.